The number of allylic oxidation sites excluding steroid dienone is 2. The molecule has 0 aromatic carbocycles. The third-order valence-corrected chi connectivity index (χ3v) is 10.4. The lowest BCUT2D eigenvalue weighted by atomic mass is 9.44. The molecule has 152 valence electrons. The van der Waals surface area contributed by atoms with Gasteiger partial charge in [0.2, 0.25) is 0 Å². The standard InChI is InChI=1S/C26H37NO/c1-6-16-12-17-13-18(28)8-9-19(17)20-10-11-26(7-2)24(22(16)20)21-15(3)23(21)25(26,4)14-27-5/h6,13-16,19-24H,1,7-12H2,2-5H3/t15-,16+,19-,20+,21+,22+,23-,24-,25-,26-/m0/s1. The average Bonchev–Trinajstić information content (AvgIpc) is 3.29. The molecule has 5 rings (SSSR count). The van der Waals surface area contributed by atoms with Crippen LogP contribution < -0.4 is 0 Å². The highest BCUT2D eigenvalue weighted by Crippen LogP contribution is 2.81. The van der Waals surface area contributed by atoms with Crippen LogP contribution in [0.3, 0.4) is 0 Å². The first-order valence-electron chi connectivity index (χ1n) is 11.7. The van der Waals surface area contributed by atoms with Crippen LogP contribution in [-0.4, -0.2) is 19.0 Å². The molecule has 0 unspecified atom stereocenters. The molecule has 5 aliphatic carbocycles. The summed E-state index contributed by atoms with van der Waals surface area (Å²) < 4.78 is 0. The molecule has 0 amide bonds. The van der Waals surface area contributed by atoms with E-state index in [9.17, 15) is 4.79 Å². The minimum atomic E-state index is 0.251. The molecule has 0 aliphatic heterocycles. The average molecular weight is 380 g/mol. The van der Waals surface area contributed by atoms with E-state index in [-0.39, 0.29) is 5.41 Å². The van der Waals surface area contributed by atoms with Crippen LogP contribution in [0.2, 0.25) is 0 Å². The zero-order valence-electron chi connectivity index (χ0n) is 18.2. The molecule has 0 aromatic rings. The normalized spacial score (nSPS) is 54.4. The zero-order valence-corrected chi connectivity index (χ0v) is 18.2. The van der Waals surface area contributed by atoms with E-state index in [1.165, 1.54) is 24.8 Å². The van der Waals surface area contributed by atoms with Crippen molar-refractivity contribution in [1.29, 1.82) is 0 Å². The fourth-order valence-corrected chi connectivity index (χ4v) is 9.54. The summed E-state index contributed by atoms with van der Waals surface area (Å²) in [7, 11) is 1.97. The van der Waals surface area contributed by atoms with E-state index in [2.05, 4.69) is 44.6 Å². The second-order valence-electron chi connectivity index (χ2n) is 10.9. The van der Waals surface area contributed by atoms with Gasteiger partial charge in [0.25, 0.3) is 0 Å². The molecule has 0 bridgehead atoms. The molecule has 28 heavy (non-hydrogen) atoms. The van der Waals surface area contributed by atoms with Crippen molar-refractivity contribution in [2.75, 3.05) is 7.05 Å². The molecule has 2 heteroatoms. The molecule has 5 aliphatic rings. The van der Waals surface area contributed by atoms with Gasteiger partial charge in [-0.1, -0.05) is 32.4 Å². The van der Waals surface area contributed by atoms with E-state index in [4.69, 9.17) is 0 Å². The summed E-state index contributed by atoms with van der Waals surface area (Å²) in [6.45, 7) is 11.8. The number of carbonyl (C=O) groups is 1. The van der Waals surface area contributed by atoms with Gasteiger partial charge in [-0.15, -0.1) is 6.58 Å². The van der Waals surface area contributed by atoms with Gasteiger partial charge in [-0.05, 0) is 90.9 Å². The lowest BCUT2D eigenvalue weighted by Crippen LogP contribution is -2.55. The Morgan fingerprint density at radius 3 is 2.75 bits per heavy atom. The van der Waals surface area contributed by atoms with Crippen molar-refractivity contribution in [2.24, 2.45) is 63.2 Å². The number of rotatable bonds is 3. The predicted molar refractivity (Wildman–Crippen MR) is 115 cm³/mol. The Morgan fingerprint density at radius 1 is 1.29 bits per heavy atom. The minimum absolute atomic E-state index is 0.251. The van der Waals surface area contributed by atoms with Gasteiger partial charge in [0, 0.05) is 25.1 Å². The van der Waals surface area contributed by atoms with Crippen molar-refractivity contribution in [3.05, 3.63) is 24.3 Å². The lowest BCUT2D eigenvalue weighted by Gasteiger charge is -2.60. The van der Waals surface area contributed by atoms with Crippen LogP contribution in [0.5, 0.6) is 0 Å². The fraction of sp³-hybridized carbons (Fsp3) is 0.769. The van der Waals surface area contributed by atoms with Crippen LogP contribution in [0.25, 0.3) is 0 Å². The minimum Gasteiger partial charge on any atom is -0.300 e. The highest BCUT2D eigenvalue weighted by molar-refractivity contribution is 5.91. The Morgan fingerprint density at radius 2 is 2.07 bits per heavy atom. The van der Waals surface area contributed by atoms with Crippen molar-refractivity contribution < 1.29 is 4.79 Å². The van der Waals surface area contributed by atoms with Gasteiger partial charge in [-0.25, -0.2) is 0 Å². The van der Waals surface area contributed by atoms with Gasteiger partial charge in [-0.2, -0.15) is 0 Å². The number of aliphatic imine (C=N–C) groups is 1. The molecule has 4 saturated carbocycles. The highest BCUT2D eigenvalue weighted by Gasteiger charge is 2.78. The molecule has 0 radical (unpaired) electrons. The number of fused-ring (bicyclic) bond motifs is 7. The van der Waals surface area contributed by atoms with Gasteiger partial charge in [-0.3, -0.25) is 4.79 Å². The van der Waals surface area contributed by atoms with E-state index in [0.717, 1.165) is 54.8 Å². The second-order valence-corrected chi connectivity index (χ2v) is 10.9. The van der Waals surface area contributed by atoms with Crippen LogP contribution in [0, 0.1) is 58.2 Å². The third kappa shape index (κ3) is 2.10. The molecule has 2 nitrogen and oxygen atoms in total. The number of hydrogen-bond donors (Lipinski definition) is 0. The fourth-order valence-electron chi connectivity index (χ4n) is 9.54. The van der Waals surface area contributed by atoms with Gasteiger partial charge in [0.15, 0.2) is 5.78 Å². The number of nitrogens with zero attached hydrogens (tertiary/aromatic N) is 1. The molecule has 0 aromatic heterocycles. The SMILES string of the molecule is C=C[C@@H]1CC2=CC(=O)CC[C@@H]2[C@H]2CC[C@@]3(CC)[C@H]([C@@H]21)[C@@H]1[C@H](C)[C@@H]1[C@]3(C)C=NC. The third-order valence-electron chi connectivity index (χ3n) is 10.4. The molecule has 0 spiro atoms. The first-order chi connectivity index (χ1) is 13.4. The summed E-state index contributed by atoms with van der Waals surface area (Å²) in [5.41, 5.74) is 2.12. The van der Waals surface area contributed by atoms with E-state index < -0.39 is 0 Å². The van der Waals surface area contributed by atoms with E-state index in [1.54, 1.807) is 0 Å². The monoisotopic (exact) mass is 379 g/mol. The summed E-state index contributed by atoms with van der Waals surface area (Å²) in [6, 6.07) is 0. The second kappa shape index (κ2) is 6.16. The van der Waals surface area contributed by atoms with Crippen molar-refractivity contribution in [1.82, 2.24) is 0 Å². The lowest BCUT2D eigenvalue weighted by molar-refractivity contribution is -0.117. The predicted octanol–water partition coefficient (Wildman–Crippen LogP) is 5.74. The van der Waals surface area contributed by atoms with Crippen LogP contribution >= 0.6 is 0 Å². The zero-order chi connectivity index (χ0) is 19.8. The largest absolute Gasteiger partial charge is 0.300 e. The van der Waals surface area contributed by atoms with E-state index in [1.807, 2.05) is 13.1 Å². The molecule has 10 atom stereocenters. The van der Waals surface area contributed by atoms with Crippen LogP contribution in [0.4, 0.5) is 0 Å². The molecular weight excluding hydrogens is 342 g/mol. The van der Waals surface area contributed by atoms with Crippen molar-refractivity contribution >= 4 is 12.0 Å². The maximum atomic E-state index is 12.1. The smallest absolute Gasteiger partial charge is 0.155 e. The molecular formula is C26H37NO. The Bertz CT molecular complexity index is 764. The Balaban J connectivity index is 1.61. The van der Waals surface area contributed by atoms with E-state index in [0.29, 0.717) is 23.0 Å². The molecule has 0 saturated heterocycles. The summed E-state index contributed by atoms with van der Waals surface area (Å²) in [5, 5.41) is 0. The number of carbonyl (C=O) groups excluding carboxylic acids is 1. The van der Waals surface area contributed by atoms with Gasteiger partial charge in [0.1, 0.15) is 0 Å². The van der Waals surface area contributed by atoms with Crippen molar-refractivity contribution in [3.63, 3.8) is 0 Å². The van der Waals surface area contributed by atoms with Crippen molar-refractivity contribution in [3.8, 4) is 0 Å². The number of hydrogen-bond acceptors (Lipinski definition) is 2. The van der Waals surface area contributed by atoms with E-state index >= 15 is 0 Å². The summed E-state index contributed by atoms with van der Waals surface area (Å²) in [6.07, 6.45) is 13.5. The maximum Gasteiger partial charge on any atom is 0.155 e. The highest BCUT2D eigenvalue weighted by atomic mass is 16.1. The van der Waals surface area contributed by atoms with Gasteiger partial charge in [0.05, 0.1) is 0 Å². The van der Waals surface area contributed by atoms with Crippen molar-refractivity contribution in [2.45, 2.75) is 59.3 Å². The van der Waals surface area contributed by atoms with Gasteiger partial charge >= 0.3 is 0 Å². The summed E-state index contributed by atoms with van der Waals surface area (Å²) in [5.74, 6) is 6.40. The van der Waals surface area contributed by atoms with Gasteiger partial charge < -0.3 is 4.99 Å². The Hall–Kier alpha value is -1.18. The van der Waals surface area contributed by atoms with Crippen LogP contribution in [0.1, 0.15) is 59.3 Å². The Labute approximate surface area is 171 Å². The molecule has 0 N–H and O–H groups in total. The summed E-state index contributed by atoms with van der Waals surface area (Å²) >= 11 is 0. The maximum absolute atomic E-state index is 12.1. The molecule has 4 fully saturated rings. The number of ketones is 1. The quantitative estimate of drug-likeness (QED) is 0.454. The topological polar surface area (TPSA) is 29.4 Å². The van der Waals surface area contributed by atoms with Crippen LogP contribution in [-0.2, 0) is 4.79 Å². The summed E-state index contributed by atoms with van der Waals surface area (Å²) in [4.78, 5) is 16.7. The Kier molecular flexibility index (Phi) is 4.14. The van der Waals surface area contributed by atoms with Crippen LogP contribution in [0.15, 0.2) is 29.3 Å². The first-order valence-corrected chi connectivity index (χ1v) is 11.7. The first kappa shape index (κ1) is 18.8. The molecule has 0 heterocycles.